The quantitative estimate of drug-likeness (QED) is 0.290. The van der Waals surface area contributed by atoms with Crippen molar-refractivity contribution in [3.63, 3.8) is 0 Å². The molecule has 4 rings (SSSR count). The molecule has 0 radical (unpaired) electrons. The van der Waals surface area contributed by atoms with Crippen LogP contribution in [0.15, 0.2) is 12.2 Å². The summed E-state index contributed by atoms with van der Waals surface area (Å²) >= 11 is 0. The first-order chi connectivity index (χ1) is 12.8. The Balaban J connectivity index is 1.58. The van der Waals surface area contributed by atoms with Gasteiger partial charge < -0.3 is 18.9 Å². The van der Waals surface area contributed by atoms with Crippen molar-refractivity contribution in [2.24, 2.45) is 17.8 Å². The second kappa shape index (κ2) is 8.00. The number of rotatable bonds is 7. The fourth-order valence-corrected chi connectivity index (χ4v) is 4.48. The lowest BCUT2D eigenvalue weighted by atomic mass is 9.67. The van der Waals surface area contributed by atoms with Crippen molar-refractivity contribution >= 4 is 17.9 Å². The first-order valence-electron chi connectivity index (χ1n) is 9.71. The molecule has 0 N–H and O–H groups in total. The maximum absolute atomic E-state index is 12.3. The second-order valence-corrected chi connectivity index (χ2v) is 7.93. The van der Waals surface area contributed by atoms with Gasteiger partial charge in [0.15, 0.2) is 6.10 Å². The molecular weight excluding hydrogens is 352 g/mol. The minimum atomic E-state index is -1.00. The zero-order valence-electron chi connectivity index (χ0n) is 16.1. The van der Waals surface area contributed by atoms with E-state index in [4.69, 9.17) is 18.9 Å². The number of ether oxygens (including phenoxy) is 4. The molecule has 7 heteroatoms. The third-order valence-corrected chi connectivity index (χ3v) is 5.70. The average molecular weight is 380 g/mol. The summed E-state index contributed by atoms with van der Waals surface area (Å²) in [6.45, 7) is 8.38. The summed E-state index contributed by atoms with van der Waals surface area (Å²) in [5, 5.41) is 0. The predicted molar refractivity (Wildman–Crippen MR) is 94.2 cm³/mol. The second-order valence-electron chi connectivity index (χ2n) is 7.93. The molecule has 4 aliphatic rings. The average Bonchev–Trinajstić information content (AvgIpc) is 2.77. The van der Waals surface area contributed by atoms with E-state index in [0.717, 1.165) is 25.7 Å². The van der Waals surface area contributed by atoms with Crippen LogP contribution in [0.25, 0.3) is 0 Å². The third kappa shape index (κ3) is 4.34. The monoisotopic (exact) mass is 380 g/mol. The molecule has 2 aliphatic carbocycles. The molecule has 2 heterocycles. The number of hydrogen-bond acceptors (Lipinski definition) is 7. The molecule has 4 fully saturated rings. The number of carbonyl (C=O) groups excluding carboxylic acids is 3. The van der Waals surface area contributed by atoms with Gasteiger partial charge in [0, 0.05) is 5.57 Å². The minimum Gasteiger partial charge on any atom is -0.459 e. The molecule has 0 amide bonds. The van der Waals surface area contributed by atoms with Gasteiger partial charge in [-0.15, -0.1) is 0 Å². The molecule has 0 spiro atoms. The molecule has 7 atom stereocenters. The summed E-state index contributed by atoms with van der Waals surface area (Å²) < 4.78 is 22.1. The summed E-state index contributed by atoms with van der Waals surface area (Å²) in [5.41, 5.74) is 0.220. The van der Waals surface area contributed by atoms with Crippen molar-refractivity contribution in [1.29, 1.82) is 0 Å². The molecule has 0 aromatic carbocycles. The Morgan fingerprint density at radius 1 is 1.22 bits per heavy atom. The Kier molecular flexibility index (Phi) is 5.89. The Labute approximate surface area is 159 Å². The normalized spacial score (nSPS) is 33.6. The number of fused-ring (bicyclic) bond motifs is 1. The van der Waals surface area contributed by atoms with Gasteiger partial charge in [-0.05, 0) is 57.8 Å². The van der Waals surface area contributed by atoms with Gasteiger partial charge in [0.2, 0.25) is 6.29 Å². The van der Waals surface area contributed by atoms with Crippen LogP contribution < -0.4 is 0 Å². The lowest BCUT2D eigenvalue weighted by molar-refractivity contribution is -0.220. The molecule has 7 unspecified atom stereocenters. The van der Waals surface area contributed by atoms with Gasteiger partial charge in [0.05, 0.1) is 5.92 Å². The highest BCUT2D eigenvalue weighted by atomic mass is 16.7. The van der Waals surface area contributed by atoms with Crippen LogP contribution in [0.3, 0.4) is 0 Å². The maximum Gasteiger partial charge on any atom is 0.349 e. The van der Waals surface area contributed by atoms with Crippen LogP contribution in [0, 0.1) is 17.8 Å². The van der Waals surface area contributed by atoms with E-state index in [1.54, 1.807) is 13.8 Å². The van der Waals surface area contributed by atoms with Crippen LogP contribution in [-0.4, -0.2) is 42.5 Å². The van der Waals surface area contributed by atoms with Crippen LogP contribution in [0.5, 0.6) is 0 Å². The molecule has 2 saturated carbocycles. The van der Waals surface area contributed by atoms with Gasteiger partial charge in [0.25, 0.3) is 0 Å². The highest BCUT2D eigenvalue weighted by Crippen LogP contribution is 2.48. The highest BCUT2D eigenvalue weighted by Gasteiger charge is 2.51. The Hall–Kier alpha value is -1.89. The molecule has 7 nitrogen and oxygen atoms in total. The largest absolute Gasteiger partial charge is 0.459 e. The Morgan fingerprint density at radius 3 is 2.63 bits per heavy atom. The molecule has 0 aromatic rings. The number of esters is 3. The first-order valence-corrected chi connectivity index (χ1v) is 9.71. The van der Waals surface area contributed by atoms with Crippen LogP contribution in [-0.2, 0) is 33.3 Å². The van der Waals surface area contributed by atoms with Gasteiger partial charge in [-0.3, -0.25) is 4.79 Å². The van der Waals surface area contributed by atoms with Gasteiger partial charge in [0.1, 0.15) is 12.2 Å². The molecule has 0 aromatic heterocycles. The summed E-state index contributed by atoms with van der Waals surface area (Å²) in [6, 6.07) is 0. The van der Waals surface area contributed by atoms with Gasteiger partial charge in [-0.2, -0.15) is 0 Å². The lowest BCUT2D eigenvalue weighted by Crippen LogP contribution is -2.46. The van der Waals surface area contributed by atoms with E-state index in [1.807, 2.05) is 0 Å². The van der Waals surface area contributed by atoms with Crippen LogP contribution >= 0.6 is 0 Å². The number of carbonyl (C=O) groups is 3. The topological polar surface area (TPSA) is 88.1 Å². The van der Waals surface area contributed by atoms with Crippen LogP contribution in [0.1, 0.15) is 52.9 Å². The van der Waals surface area contributed by atoms with Crippen LogP contribution in [0.4, 0.5) is 0 Å². The molecule has 150 valence electrons. The zero-order valence-corrected chi connectivity index (χ0v) is 16.1. The van der Waals surface area contributed by atoms with Crippen molar-refractivity contribution in [2.75, 3.05) is 0 Å². The summed E-state index contributed by atoms with van der Waals surface area (Å²) in [5.74, 6) is -0.691. The van der Waals surface area contributed by atoms with E-state index in [0.29, 0.717) is 12.3 Å². The Morgan fingerprint density at radius 2 is 1.96 bits per heavy atom. The first kappa shape index (κ1) is 19.9. The van der Waals surface area contributed by atoms with Crippen molar-refractivity contribution in [3.05, 3.63) is 12.2 Å². The van der Waals surface area contributed by atoms with Crippen molar-refractivity contribution in [2.45, 2.75) is 77.5 Å². The van der Waals surface area contributed by atoms with E-state index in [-0.39, 0.29) is 35.6 Å². The van der Waals surface area contributed by atoms with Gasteiger partial charge >= 0.3 is 17.9 Å². The van der Waals surface area contributed by atoms with Gasteiger partial charge in [-0.1, -0.05) is 13.5 Å². The standard InChI is InChI=1S/C20H28O7/c1-5-15(26-18(21)10(2)3)20(23)25-11(4)24-17-13-6-12-7-14(9-13)19(22)27-16(17)8-12/h11-17H,2,5-9H2,1,3-4H3. The third-order valence-electron chi connectivity index (χ3n) is 5.70. The smallest absolute Gasteiger partial charge is 0.349 e. The summed E-state index contributed by atoms with van der Waals surface area (Å²) in [6.07, 6.45) is 1.42. The fraction of sp³-hybridized carbons (Fsp3) is 0.750. The van der Waals surface area contributed by atoms with Crippen molar-refractivity contribution in [1.82, 2.24) is 0 Å². The van der Waals surface area contributed by atoms with Crippen molar-refractivity contribution < 1.29 is 33.3 Å². The molecule has 27 heavy (non-hydrogen) atoms. The van der Waals surface area contributed by atoms with E-state index in [2.05, 4.69) is 6.58 Å². The lowest BCUT2D eigenvalue weighted by Gasteiger charge is -2.42. The SMILES string of the molecule is C=C(C)C(=O)OC(CC)C(=O)OC(C)OC1C2CC3CC(C2)C(=O)OC1C3. The molecular formula is C20H28O7. The van der Waals surface area contributed by atoms with E-state index < -0.39 is 24.3 Å². The fourth-order valence-electron chi connectivity index (χ4n) is 4.48. The number of hydrogen-bond donors (Lipinski definition) is 0. The van der Waals surface area contributed by atoms with Gasteiger partial charge in [-0.25, -0.2) is 9.59 Å². The van der Waals surface area contributed by atoms with E-state index >= 15 is 0 Å². The molecule has 2 saturated heterocycles. The van der Waals surface area contributed by atoms with Crippen molar-refractivity contribution in [3.8, 4) is 0 Å². The van der Waals surface area contributed by atoms with E-state index in [9.17, 15) is 14.4 Å². The zero-order chi connectivity index (χ0) is 19.7. The highest BCUT2D eigenvalue weighted by molar-refractivity contribution is 5.89. The van der Waals surface area contributed by atoms with Crippen LogP contribution in [0.2, 0.25) is 0 Å². The predicted octanol–water partition coefficient (Wildman–Crippen LogP) is 2.52. The molecule has 2 aliphatic heterocycles. The summed E-state index contributed by atoms with van der Waals surface area (Å²) in [4.78, 5) is 36.1. The Bertz CT molecular complexity index is 628. The minimum absolute atomic E-state index is 0.0313. The van der Waals surface area contributed by atoms with E-state index in [1.165, 1.54) is 6.92 Å². The molecule has 4 bridgehead atoms. The summed E-state index contributed by atoms with van der Waals surface area (Å²) in [7, 11) is 0. The maximum atomic E-state index is 12.3.